The lowest BCUT2D eigenvalue weighted by atomic mass is 10.1. The van der Waals surface area contributed by atoms with Crippen LogP contribution in [0, 0.1) is 5.82 Å². The van der Waals surface area contributed by atoms with Crippen molar-refractivity contribution in [2.75, 3.05) is 95.4 Å². The van der Waals surface area contributed by atoms with Crippen molar-refractivity contribution in [3.63, 3.8) is 0 Å². The highest BCUT2D eigenvalue weighted by Gasteiger charge is 2.19. The number of aromatic amines is 1. The number of aromatic nitrogens is 6. The number of nitrogens with two attached hydrogens (primary N) is 2. The number of hydrogen-bond acceptors (Lipinski definition) is 16. The molecule has 3 aromatic heterocycles. The summed E-state index contributed by atoms with van der Waals surface area (Å²) in [6, 6.07) is 29.5. The van der Waals surface area contributed by atoms with Crippen LogP contribution in [-0.4, -0.2) is 141 Å². The number of H-pyrrole nitrogens is 1. The fourth-order valence-corrected chi connectivity index (χ4v) is 9.59. The zero-order valence-electron chi connectivity index (χ0n) is 42.4. The number of piperidine rings is 1. The molecule has 18 nitrogen and oxygen atoms in total. The number of likely N-dealkylation sites (tertiary alicyclic amines) is 1. The van der Waals surface area contributed by atoms with Gasteiger partial charge < -0.3 is 46.4 Å². The molecule has 7 aromatic rings. The standard InChI is InChI=1S/C37H50BrFN10O2S.C17H13N5O.H2S/c1-46(17-6-11-33(50)49-21-3-2-4-22-49)18-8-20-48-25-23-47(24-26-48)19-7-16-42-52-29-14-12-28(13-15-29)43-37-41-27-30(38)36(45-37)44-32-10-5-9-31(39)34(32)35(40)51;18-16-14-15(21-22-17(14)20-10-19-16)11-6-8-13(9-7-11)23-12-4-2-1-3-5-12;/h5-6,9-15,27,42H,2-4,7-8,16-26H2,1H3,(H2,40,51)(H2,41,43,44,45);1-10H,(H3,18,19,20,21,22);1H2/b11-6+;;. The minimum Gasteiger partial charge on any atom is -0.457 e. The number of hydrogen-bond donors (Lipinski definition) is 6. The van der Waals surface area contributed by atoms with Gasteiger partial charge in [-0.2, -0.15) is 23.6 Å². The Morgan fingerprint density at radius 1 is 0.855 bits per heavy atom. The first-order valence-electron chi connectivity index (χ1n) is 25.1. The second-order valence-electron chi connectivity index (χ2n) is 18.1. The molecular weight excluding hydrogens is 1070 g/mol. The molecule has 2 amide bonds. The number of fused-ring (bicyclic) bond motifs is 1. The minimum absolute atomic E-state index is 0. The molecular formula is C54H65BrFN15O3S2. The van der Waals surface area contributed by atoms with Crippen LogP contribution in [0.1, 0.15) is 42.5 Å². The van der Waals surface area contributed by atoms with Crippen LogP contribution in [0.25, 0.3) is 22.3 Å². The molecule has 0 saturated carbocycles. The Hall–Kier alpha value is -6.66. The number of likely N-dealkylation sites (N-methyl/N-ethyl adjacent to an activating group) is 1. The maximum absolute atomic E-state index is 14.2. The number of para-hydroxylation sites is 1. The van der Waals surface area contributed by atoms with Crippen LogP contribution in [0.15, 0.2) is 131 Å². The number of amides is 2. The van der Waals surface area contributed by atoms with Crippen LogP contribution < -0.4 is 31.6 Å². The van der Waals surface area contributed by atoms with E-state index in [1.165, 1.54) is 24.9 Å². The van der Waals surface area contributed by atoms with Gasteiger partial charge in [0.1, 0.15) is 35.3 Å². The number of anilines is 5. The average Bonchev–Trinajstić information content (AvgIpc) is 3.87. The Kier molecular flexibility index (Phi) is 21.8. The normalized spacial score (nSPS) is 14.0. The van der Waals surface area contributed by atoms with Gasteiger partial charge in [0.25, 0.3) is 5.91 Å². The minimum atomic E-state index is -0.874. The zero-order chi connectivity index (χ0) is 52.4. The first-order valence-corrected chi connectivity index (χ1v) is 26.7. The molecule has 76 heavy (non-hydrogen) atoms. The topological polar surface area (TPSA) is 225 Å². The lowest BCUT2D eigenvalue weighted by Gasteiger charge is -2.35. The van der Waals surface area contributed by atoms with Crippen LogP contribution in [0.4, 0.5) is 33.3 Å². The van der Waals surface area contributed by atoms with Crippen LogP contribution in [0.3, 0.4) is 0 Å². The highest BCUT2D eigenvalue weighted by Crippen LogP contribution is 2.32. The SMILES string of the molecule is CN(C/C=C/C(=O)N1CCCCC1)CCCN1CCN(CCCNSc2ccc(Nc3ncc(Br)c(Nc4cccc(F)c4C(N)=O)n3)cc2)CC1.Nc1ncnc2n[nH]c(-c3ccc(Oc4ccccc4)cc3)c12.S. The second kappa shape index (κ2) is 29.0. The maximum Gasteiger partial charge on any atom is 0.253 e. The number of carbonyl (C=O) groups excluding carboxylic acids is 2. The average molecular weight is 1140 g/mol. The van der Waals surface area contributed by atoms with Gasteiger partial charge in [-0.1, -0.05) is 30.3 Å². The van der Waals surface area contributed by atoms with E-state index in [0.29, 0.717) is 27.7 Å². The molecule has 22 heteroatoms. The molecule has 2 saturated heterocycles. The molecule has 0 atom stereocenters. The number of carbonyl (C=O) groups is 2. The largest absolute Gasteiger partial charge is 0.457 e. The van der Waals surface area contributed by atoms with Gasteiger partial charge in [0, 0.05) is 80.8 Å². The predicted molar refractivity (Wildman–Crippen MR) is 309 cm³/mol. The van der Waals surface area contributed by atoms with Gasteiger partial charge in [0.05, 0.1) is 26.8 Å². The highest BCUT2D eigenvalue weighted by atomic mass is 79.9. The third kappa shape index (κ3) is 16.7. The number of benzene rings is 4. The third-order valence-electron chi connectivity index (χ3n) is 12.6. The van der Waals surface area contributed by atoms with Gasteiger partial charge in [-0.05, 0) is 159 Å². The number of nitrogens with one attached hydrogen (secondary N) is 4. The van der Waals surface area contributed by atoms with Crippen molar-refractivity contribution in [2.45, 2.75) is 37.0 Å². The monoisotopic (exact) mass is 1130 g/mol. The molecule has 4 aromatic carbocycles. The van der Waals surface area contributed by atoms with Crippen molar-refractivity contribution in [2.24, 2.45) is 5.73 Å². The summed E-state index contributed by atoms with van der Waals surface area (Å²) in [6.07, 6.45) is 12.4. The summed E-state index contributed by atoms with van der Waals surface area (Å²) in [5, 5.41) is 14.0. The summed E-state index contributed by atoms with van der Waals surface area (Å²) >= 11 is 5.01. The Labute approximate surface area is 462 Å². The van der Waals surface area contributed by atoms with E-state index >= 15 is 0 Å². The summed E-state index contributed by atoms with van der Waals surface area (Å²) in [5.74, 6) is 1.22. The Balaban J connectivity index is 0.000000289. The van der Waals surface area contributed by atoms with Crippen molar-refractivity contribution < 1.29 is 18.7 Å². The lowest BCUT2D eigenvalue weighted by molar-refractivity contribution is -0.126. The number of ether oxygens (including phenoxy) is 1. The molecule has 0 spiro atoms. The first-order chi connectivity index (χ1) is 36.6. The molecule has 8 N–H and O–H groups in total. The van der Waals surface area contributed by atoms with Crippen LogP contribution >= 0.6 is 41.4 Å². The van der Waals surface area contributed by atoms with Crippen molar-refractivity contribution in [1.82, 2.24) is 54.5 Å². The molecule has 0 aliphatic carbocycles. The smallest absolute Gasteiger partial charge is 0.253 e. The molecule has 9 rings (SSSR count). The van der Waals surface area contributed by atoms with Crippen LogP contribution in [-0.2, 0) is 4.79 Å². The van der Waals surface area contributed by atoms with Crippen molar-refractivity contribution >= 4 is 93.2 Å². The molecule has 0 radical (unpaired) electrons. The van der Waals surface area contributed by atoms with Gasteiger partial charge in [0.2, 0.25) is 11.9 Å². The number of halogens is 2. The fourth-order valence-electron chi connectivity index (χ4n) is 8.61. The van der Waals surface area contributed by atoms with E-state index in [1.807, 2.05) is 89.8 Å². The van der Waals surface area contributed by atoms with E-state index in [1.54, 1.807) is 30.3 Å². The van der Waals surface area contributed by atoms with Crippen LogP contribution in [0.5, 0.6) is 11.5 Å². The quantitative estimate of drug-likeness (QED) is 0.0224. The number of nitrogen functional groups attached to an aromatic ring is 1. The van der Waals surface area contributed by atoms with Gasteiger partial charge in [-0.25, -0.2) is 19.3 Å². The number of nitrogens with zero attached hydrogens (tertiary/aromatic N) is 9. The van der Waals surface area contributed by atoms with E-state index in [0.717, 1.165) is 136 Å². The Bertz CT molecular complexity index is 2980. The molecule has 0 unspecified atom stereocenters. The van der Waals surface area contributed by atoms with Crippen LogP contribution in [0.2, 0.25) is 0 Å². The van der Waals surface area contributed by atoms with E-state index in [9.17, 15) is 14.0 Å². The molecule has 0 bridgehead atoms. The number of rotatable bonds is 21. The Morgan fingerprint density at radius 2 is 1.57 bits per heavy atom. The number of piperazine rings is 1. The molecule has 5 heterocycles. The lowest BCUT2D eigenvalue weighted by Crippen LogP contribution is -2.47. The third-order valence-corrected chi connectivity index (χ3v) is 14.1. The zero-order valence-corrected chi connectivity index (χ0v) is 45.8. The van der Waals surface area contributed by atoms with Gasteiger partial charge in [-0.3, -0.25) is 19.4 Å². The molecule has 2 aliphatic rings. The highest BCUT2D eigenvalue weighted by molar-refractivity contribution is 9.10. The van der Waals surface area contributed by atoms with E-state index in [2.05, 4.69) is 83.2 Å². The van der Waals surface area contributed by atoms with Crippen molar-refractivity contribution in [3.05, 3.63) is 138 Å². The van der Waals surface area contributed by atoms with Crippen molar-refractivity contribution in [3.8, 4) is 22.8 Å². The maximum atomic E-state index is 14.2. The predicted octanol–water partition coefficient (Wildman–Crippen LogP) is 8.97. The van der Waals surface area contributed by atoms with Crippen molar-refractivity contribution in [1.29, 1.82) is 0 Å². The molecule has 400 valence electrons. The van der Waals surface area contributed by atoms with Gasteiger partial charge in [-0.15, -0.1) is 0 Å². The van der Waals surface area contributed by atoms with E-state index in [4.69, 9.17) is 16.2 Å². The number of primary amides is 1. The summed E-state index contributed by atoms with van der Waals surface area (Å²) in [7, 11) is 2.13. The van der Waals surface area contributed by atoms with Gasteiger partial charge >= 0.3 is 0 Å². The summed E-state index contributed by atoms with van der Waals surface area (Å²) in [6.45, 7) is 11.2. The first kappa shape index (κ1) is 57.1. The summed E-state index contributed by atoms with van der Waals surface area (Å²) in [4.78, 5) is 51.5. The second-order valence-corrected chi connectivity index (χ2v) is 19.9. The summed E-state index contributed by atoms with van der Waals surface area (Å²) < 4.78 is 24.0. The molecule has 2 aliphatic heterocycles. The molecule has 2 fully saturated rings. The summed E-state index contributed by atoms with van der Waals surface area (Å²) in [5.41, 5.74) is 14.4. The fraction of sp³-hybridized carbons (Fsp3) is 0.315. The van der Waals surface area contributed by atoms with E-state index in [-0.39, 0.29) is 30.7 Å². The Morgan fingerprint density at radius 3 is 2.29 bits per heavy atom. The van der Waals surface area contributed by atoms with Gasteiger partial charge in [0.15, 0.2) is 5.65 Å². The van der Waals surface area contributed by atoms with E-state index < -0.39 is 11.7 Å².